The molecule has 0 amide bonds. The van der Waals surface area contributed by atoms with Crippen molar-refractivity contribution in [2.24, 2.45) is 0 Å². The van der Waals surface area contributed by atoms with Crippen LogP contribution in [-0.2, 0) is 24.2 Å². The molecule has 2 aliphatic heterocycles. The van der Waals surface area contributed by atoms with Crippen molar-refractivity contribution in [3.05, 3.63) is 17.0 Å². The summed E-state index contributed by atoms with van der Waals surface area (Å²) in [6.07, 6.45) is 5.73. The van der Waals surface area contributed by atoms with Crippen LogP contribution in [0.3, 0.4) is 0 Å². The number of nitrogens with one attached hydrogen (secondary N) is 1. The summed E-state index contributed by atoms with van der Waals surface area (Å²) < 4.78 is 10.9. The van der Waals surface area contributed by atoms with Crippen LogP contribution in [-0.4, -0.2) is 24.4 Å². The molecule has 0 spiro atoms. The average Bonchev–Trinajstić information content (AvgIpc) is 2.74. The van der Waals surface area contributed by atoms with E-state index in [1.165, 1.54) is 24.8 Å². The van der Waals surface area contributed by atoms with Gasteiger partial charge in [0, 0.05) is 24.4 Å². The number of nitrogens with zero attached hydrogens (tertiary/aromatic N) is 1. The number of ether oxygens (including phenoxy) is 1. The smallest absolute Gasteiger partial charge is 0.144 e. The predicted octanol–water partition coefficient (Wildman–Crippen LogP) is 1.43. The summed E-state index contributed by atoms with van der Waals surface area (Å²) in [6.45, 7) is 2.60. The number of aromatic nitrogens is 1. The van der Waals surface area contributed by atoms with Crippen LogP contribution in [0.15, 0.2) is 4.52 Å². The Bertz CT molecular complexity index is 356. The Morgan fingerprint density at radius 2 is 2.38 bits per heavy atom. The Labute approximate surface area is 95.3 Å². The van der Waals surface area contributed by atoms with Gasteiger partial charge < -0.3 is 14.6 Å². The second-order valence-electron chi connectivity index (χ2n) is 4.68. The van der Waals surface area contributed by atoms with Crippen molar-refractivity contribution in [1.29, 1.82) is 0 Å². The van der Waals surface area contributed by atoms with E-state index < -0.39 is 0 Å². The van der Waals surface area contributed by atoms with Crippen molar-refractivity contribution in [3.63, 3.8) is 0 Å². The molecule has 1 atom stereocenters. The summed E-state index contributed by atoms with van der Waals surface area (Å²) in [6, 6.07) is 0.563. The highest BCUT2D eigenvalue weighted by Crippen LogP contribution is 2.23. The molecule has 0 bridgehead atoms. The quantitative estimate of drug-likeness (QED) is 0.822. The molecule has 0 saturated carbocycles. The fraction of sp³-hybridized carbons (Fsp3) is 0.750. The molecule has 88 valence electrons. The standard InChI is InChI=1S/C12H18N2O2/c1-2-5-13-9(3-1)7-12-10-8-15-6-4-11(10)14-16-12/h9,13H,1-8H2. The fourth-order valence-electron chi connectivity index (χ4n) is 2.57. The number of piperidine rings is 1. The molecule has 1 aromatic rings. The van der Waals surface area contributed by atoms with Crippen LogP contribution < -0.4 is 5.32 Å². The van der Waals surface area contributed by atoms with E-state index >= 15 is 0 Å². The van der Waals surface area contributed by atoms with Crippen molar-refractivity contribution in [1.82, 2.24) is 10.5 Å². The lowest BCUT2D eigenvalue weighted by Crippen LogP contribution is -2.35. The highest BCUT2D eigenvalue weighted by atomic mass is 16.5. The summed E-state index contributed by atoms with van der Waals surface area (Å²) in [5.41, 5.74) is 2.32. The van der Waals surface area contributed by atoms with Gasteiger partial charge in [-0.15, -0.1) is 0 Å². The van der Waals surface area contributed by atoms with E-state index in [2.05, 4.69) is 10.5 Å². The zero-order chi connectivity index (χ0) is 10.8. The van der Waals surface area contributed by atoms with E-state index in [0.717, 1.165) is 37.4 Å². The van der Waals surface area contributed by atoms with Crippen LogP contribution >= 0.6 is 0 Å². The fourth-order valence-corrected chi connectivity index (χ4v) is 2.57. The number of hydrogen-bond acceptors (Lipinski definition) is 4. The minimum absolute atomic E-state index is 0.563. The first-order valence-corrected chi connectivity index (χ1v) is 6.21. The topological polar surface area (TPSA) is 47.3 Å². The minimum atomic E-state index is 0.563. The van der Waals surface area contributed by atoms with Gasteiger partial charge in [0.15, 0.2) is 0 Å². The normalized spacial score (nSPS) is 25.4. The van der Waals surface area contributed by atoms with E-state index in [1.54, 1.807) is 0 Å². The molecular weight excluding hydrogens is 204 g/mol. The molecule has 2 aliphatic rings. The van der Waals surface area contributed by atoms with E-state index in [-0.39, 0.29) is 0 Å². The molecule has 3 heterocycles. The molecular formula is C12H18N2O2. The van der Waals surface area contributed by atoms with E-state index in [1.807, 2.05) is 0 Å². The third-order valence-corrected chi connectivity index (χ3v) is 3.52. The Morgan fingerprint density at radius 1 is 1.38 bits per heavy atom. The molecule has 1 aromatic heterocycles. The van der Waals surface area contributed by atoms with Crippen molar-refractivity contribution >= 4 is 0 Å². The van der Waals surface area contributed by atoms with Crippen LogP contribution in [0.5, 0.6) is 0 Å². The third kappa shape index (κ3) is 1.99. The third-order valence-electron chi connectivity index (χ3n) is 3.52. The summed E-state index contributed by atoms with van der Waals surface area (Å²) in [5.74, 6) is 1.04. The Hall–Kier alpha value is -0.870. The summed E-state index contributed by atoms with van der Waals surface area (Å²) >= 11 is 0. The van der Waals surface area contributed by atoms with Gasteiger partial charge in [0.1, 0.15) is 5.76 Å². The average molecular weight is 222 g/mol. The zero-order valence-corrected chi connectivity index (χ0v) is 9.50. The maximum Gasteiger partial charge on any atom is 0.144 e. The van der Waals surface area contributed by atoms with Gasteiger partial charge in [-0.2, -0.15) is 0 Å². The number of fused-ring (bicyclic) bond motifs is 1. The first kappa shape index (κ1) is 10.3. The molecule has 16 heavy (non-hydrogen) atoms. The van der Waals surface area contributed by atoms with Gasteiger partial charge in [0.25, 0.3) is 0 Å². The predicted molar refractivity (Wildman–Crippen MR) is 59.2 cm³/mol. The lowest BCUT2D eigenvalue weighted by molar-refractivity contribution is 0.109. The van der Waals surface area contributed by atoms with Gasteiger partial charge in [-0.25, -0.2) is 0 Å². The van der Waals surface area contributed by atoms with Crippen molar-refractivity contribution in [2.75, 3.05) is 13.2 Å². The molecule has 1 saturated heterocycles. The first-order chi connectivity index (χ1) is 7.93. The van der Waals surface area contributed by atoms with Crippen LogP contribution in [0.4, 0.5) is 0 Å². The van der Waals surface area contributed by atoms with E-state index in [4.69, 9.17) is 9.26 Å². The molecule has 0 aliphatic carbocycles. The second kappa shape index (κ2) is 4.55. The maximum absolute atomic E-state index is 5.46. The maximum atomic E-state index is 5.46. The summed E-state index contributed by atoms with van der Waals surface area (Å²) in [7, 11) is 0. The van der Waals surface area contributed by atoms with Crippen molar-refractivity contribution < 1.29 is 9.26 Å². The minimum Gasteiger partial charge on any atom is -0.376 e. The first-order valence-electron chi connectivity index (χ1n) is 6.21. The van der Waals surface area contributed by atoms with Crippen molar-refractivity contribution in [3.8, 4) is 0 Å². The largest absolute Gasteiger partial charge is 0.376 e. The molecule has 1 N–H and O–H groups in total. The SMILES string of the molecule is C1CCC(Cc2onc3c2COCC3)NC1. The van der Waals surface area contributed by atoms with Crippen molar-refractivity contribution in [2.45, 2.75) is 44.8 Å². The molecule has 0 radical (unpaired) electrons. The van der Waals surface area contributed by atoms with Gasteiger partial charge in [-0.3, -0.25) is 0 Å². The summed E-state index contributed by atoms with van der Waals surface area (Å²) in [4.78, 5) is 0. The monoisotopic (exact) mass is 222 g/mol. The highest BCUT2D eigenvalue weighted by molar-refractivity contribution is 5.24. The second-order valence-corrected chi connectivity index (χ2v) is 4.68. The van der Waals surface area contributed by atoms with E-state index in [0.29, 0.717) is 12.6 Å². The Balaban J connectivity index is 1.71. The summed E-state index contributed by atoms with van der Waals surface area (Å²) in [5, 5.41) is 7.68. The molecule has 4 nitrogen and oxygen atoms in total. The lowest BCUT2D eigenvalue weighted by atomic mass is 9.98. The van der Waals surface area contributed by atoms with Gasteiger partial charge in [-0.05, 0) is 19.4 Å². The van der Waals surface area contributed by atoms with E-state index in [9.17, 15) is 0 Å². The molecule has 1 fully saturated rings. The van der Waals surface area contributed by atoms with Crippen LogP contribution in [0.25, 0.3) is 0 Å². The van der Waals surface area contributed by atoms with Crippen LogP contribution in [0.2, 0.25) is 0 Å². The Kier molecular flexibility index (Phi) is 2.93. The molecule has 0 aromatic carbocycles. The van der Waals surface area contributed by atoms with Gasteiger partial charge in [0.2, 0.25) is 0 Å². The van der Waals surface area contributed by atoms with Gasteiger partial charge in [0.05, 0.1) is 18.9 Å². The van der Waals surface area contributed by atoms with Gasteiger partial charge >= 0.3 is 0 Å². The number of rotatable bonds is 2. The lowest BCUT2D eigenvalue weighted by Gasteiger charge is -2.22. The zero-order valence-electron chi connectivity index (χ0n) is 9.50. The van der Waals surface area contributed by atoms with Crippen LogP contribution in [0.1, 0.15) is 36.3 Å². The molecule has 1 unspecified atom stereocenters. The molecule has 3 rings (SSSR count). The Morgan fingerprint density at radius 3 is 3.25 bits per heavy atom. The highest BCUT2D eigenvalue weighted by Gasteiger charge is 2.23. The number of hydrogen-bond donors (Lipinski definition) is 1. The molecule has 4 heteroatoms. The van der Waals surface area contributed by atoms with Gasteiger partial charge in [-0.1, -0.05) is 11.6 Å². The van der Waals surface area contributed by atoms with Crippen LogP contribution in [0, 0.1) is 0 Å².